The van der Waals surface area contributed by atoms with Crippen LogP contribution in [0, 0.1) is 5.92 Å². The van der Waals surface area contributed by atoms with Crippen LogP contribution in [-0.2, 0) is 16.1 Å². The average molecular weight is 498 g/mol. The van der Waals surface area contributed by atoms with Crippen LogP contribution in [0.2, 0.25) is 0 Å². The summed E-state index contributed by atoms with van der Waals surface area (Å²) in [6.07, 6.45) is 1.43. The summed E-state index contributed by atoms with van der Waals surface area (Å²) >= 11 is 0. The fraction of sp³-hybridized carbons (Fsp3) is 0.241. The lowest BCUT2D eigenvalue weighted by molar-refractivity contribution is -0.122. The minimum Gasteiger partial charge on any atom is -0.465 e. The average Bonchev–Trinajstić information content (AvgIpc) is 3.31. The SMILES string of the molecule is CCCC1CN(C(=O)c2ccc(C(=O)OC)cc2)c2ccccc2N(Cc2noc3ccccc23)C1=O. The van der Waals surface area contributed by atoms with Crippen molar-refractivity contribution < 1.29 is 23.6 Å². The van der Waals surface area contributed by atoms with Gasteiger partial charge in [0.25, 0.3) is 5.91 Å². The van der Waals surface area contributed by atoms with Crippen LogP contribution in [0.15, 0.2) is 77.3 Å². The molecule has 8 heteroatoms. The van der Waals surface area contributed by atoms with Crippen molar-refractivity contribution in [2.75, 3.05) is 23.5 Å². The highest BCUT2D eigenvalue weighted by atomic mass is 16.5. The van der Waals surface area contributed by atoms with Crippen molar-refractivity contribution in [3.8, 4) is 0 Å². The second-order valence-corrected chi connectivity index (χ2v) is 9.01. The van der Waals surface area contributed by atoms with Crippen molar-refractivity contribution in [2.24, 2.45) is 5.92 Å². The van der Waals surface area contributed by atoms with Gasteiger partial charge >= 0.3 is 5.97 Å². The molecule has 188 valence electrons. The largest absolute Gasteiger partial charge is 0.465 e. The molecule has 1 aliphatic rings. The smallest absolute Gasteiger partial charge is 0.337 e. The van der Waals surface area contributed by atoms with Crippen molar-refractivity contribution in [1.82, 2.24) is 5.16 Å². The van der Waals surface area contributed by atoms with Gasteiger partial charge in [-0.25, -0.2) is 4.79 Å². The number of hydrogen-bond donors (Lipinski definition) is 0. The minimum atomic E-state index is -0.469. The number of fused-ring (bicyclic) bond motifs is 2. The highest BCUT2D eigenvalue weighted by Gasteiger charge is 2.36. The molecule has 0 fully saturated rings. The zero-order valence-electron chi connectivity index (χ0n) is 20.7. The van der Waals surface area contributed by atoms with E-state index in [4.69, 9.17) is 9.26 Å². The van der Waals surface area contributed by atoms with Crippen LogP contribution in [0.1, 0.15) is 46.2 Å². The number of nitrogens with zero attached hydrogens (tertiary/aromatic N) is 3. The monoisotopic (exact) mass is 497 g/mol. The zero-order valence-corrected chi connectivity index (χ0v) is 20.7. The molecule has 2 heterocycles. The van der Waals surface area contributed by atoms with Crippen LogP contribution in [0.5, 0.6) is 0 Å². The van der Waals surface area contributed by atoms with Crippen molar-refractivity contribution in [3.63, 3.8) is 0 Å². The second kappa shape index (κ2) is 10.3. The van der Waals surface area contributed by atoms with Gasteiger partial charge in [-0.1, -0.05) is 42.8 Å². The number of esters is 1. The van der Waals surface area contributed by atoms with Crippen LogP contribution < -0.4 is 9.80 Å². The Bertz CT molecular complexity index is 1460. The van der Waals surface area contributed by atoms with Gasteiger partial charge in [-0.05, 0) is 55.0 Å². The summed E-state index contributed by atoms with van der Waals surface area (Å²) in [6, 6.07) is 21.3. The molecule has 4 aromatic rings. The summed E-state index contributed by atoms with van der Waals surface area (Å²) in [4.78, 5) is 42.9. The molecule has 8 nitrogen and oxygen atoms in total. The summed E-state index contributed by atoms with van der Waals surface area (Å²) in [7, 11) is 1.31. The van der Waals surface area contributed by atoms with E-state index >= 15 is 0 Å². The Balaban J connectivity index is 1.55. The number of methoxy groups -OCH3 is 1. The van der Waals surface area contributed by atoms with Crippen LogP contribution in [0.4, 0.5) is 11.4 Å². The number of para-hydroxylation sites is 3. The van der Waals surface area contributed by atoms with E-state index in [2.05, 4.69) is 5.16 Å². The molecule has 0 saturated carbocycles. The number of ether oxygens (including phenoxy) is 1. The van der Waals surface area contributed by atoms with Gasteiger partial charge < -0.3 is 19.1 Å². The van der Waals surface area contributed by atoms with E-state index in [1.165, 1.54) is 7.11 Å². The minimum absolute atomic E-state index is 0.0577. The third kappa shape index (κ3) is 4.58. The van der Waals surface area contributed by atoms with Crippen LogP contribution in [-0.4, -0.2) is 36.6 Å². The Hall–Kier alpha value is -4.46. The van der Waals surface area contributed by atoms with Gasteiger partial charge in [-0.2, -0.15) is 0 Å². The normalized spacial score (nSPS) is 15.4. The molecule has 5 rings (SSSR count). The lowest BCUT2D eigenvalue weighted by atomic mass is 10.0. The molecule has 0 radical (unpaired) electrons. The van der Waals surface area contributed by atoms with Crippen molar-refractivity contribution in [3.05, 3.63) is 89.6 Å². The Morgan fingerprint density at radius 3 is 2.38 bits per heavy atom. The first-order chi connectivity index (χ1) is 18.0. The molecule has 1 unspecified atom stereocenters. The lowest BCUT2D eigenvalue weighted by Crippen LogP contribution is -2.39. The number of carbonyl (C=O) groups excluding carboxylic acids is 3. The number of aromatic nitrogens is 1. The molecule has 0 aliphatic carbocycles. The maximum Gasteiger partial charge on any atom is 0.337 e. The molecule has 1 aliphatic heterocycles. The third-order valence-corrected chi connectivity index (χ3v) is 6.68. The molecule has 3 aromatic carbocycles. The summed E-state index contributed by atoms with van der Waals surface area (Å²) in [6.45, 7) is 2.50. The predicted octanol–water partition coefficient (Wildman–Crippen LogP) is 5.22. The van der Waals surface area contributed by atoms with Crippen molar-refractivity contribution >= 4 is 40.1 Å². The lowest BCUT2D eigenvalue weighted by Gasteiger charge is -2.25. The molecule has 1 aromatic heterocycles. The number of hydrogen-bond acceptors (Lipinski definition) is 6. The van der Waals surface area contributed by atoms with Crippen molar-refractivity contribution in [1.29, 1.82) is 0 Å². The maximum absolute atomic E-state index is 13.9. The topological polar surface area (TPSA) is 92.9 Å². The maximum atomic E-state index is 13.9. The van der Waals surface area contributed by atoms with Gasteiger partial charge in [0.15, 0.2) is 5.58 Å². The standard InChI is InChI=1S/C29H27N3O5/c1-3-8-21-17-31(27(33)19-13-15-20(16-14-19)29(35)36-2)24-10-5-6-11-25(24)32(28(21)34)18-23-22-9-4-7-12-26(22)37-30-23/h4-7,9-16,21H,3,8,17-18H2,1-2H3. The molecule has 0 bridgehead atoms. The second-order valence-electron chi connectivity index (χ2n) is 9.01. The molecular formula is C29H27N3O5. The van der Waals surface area contributed by atoms with Gasteiger partial charge in [0.1, 0.15) is 5.69 Å². The zero-order chi connectivity index (χ0) is 25.9. The van der Waals surface area contributed by atoms with E-state index in [9.17, 15) is 14.4 Å². The first kappa shape index (κ1) is 24.2. The quantitative estimate of drug-likeness (QED) is 0.339. The van der Waals surface area contributed by atoms with Crippen molar-refractivity contribution in [2.45, 2.75) is 26.3 Å². The van der Waals surface area contributed by atoms with Gasteiger partial charge in [-0.3, -0.25) is 9.59 Å². The fourth-order valence-corrected chi connectivity index (χ4v) is 4.80. The first-order valence-corrected chi connectivity index (χ1v) is 12.3. The van der Waals surface area contributed by atoms with E-state index in [-0.39, 0.29) is 24.9 Å². The van der Waals surface area contributed by atoms with Gasteiger partial charge in [0, 0.05) is 17.5 Å². The molecule has 2 amide bonds. The van der Waals surface area contributed by atoms with Gasteiger partial charge in [-0.15, -0.1) is 0 Å². The van der Waals surface area contributed by atoms with E-state index in [1.807, 2.05) is 55.5 Å². The molecule has 37 heavy (non-hydrogen) atoms. The Kier molecular flexibility index (Phi) is 6.72. The fourth-order valence-electron chi connectivity index (χ4n) is 4.80. The summed E-state index contributed by atoms with van der Waals surface area (Å²) in [5, 5.41) is 5.09. The first-order valence-electron chi connectivity index (χ1n) is 12.3. The van der Waals surface area contributed by atoms with E-state index in [1.54, 1.807) is 34.1 Å². The number of anilines is 2. The van der Waals surface area contributed by atoms with Crippen LogP contribution >= 0.6 is 0 Å². The van der Waals surface area contributed by atoms with E-state index < -0.39 is 11.9 Å². The molecule has 0 saturated heterocycles. The van der Waals surface area contributed by atoms with Crippen LogP contribution in [0.3, 0.4) is 0 Å². The van der Waals surface area contributed by atoms with Gasteiger partial charge in [0.05, 0.1) is 36.5 Å². The number of amides is 2. The van der Waals surface area contributed by atoms with Crippen LogP contribution in [0.25, 0.3) is 11.0 Å². The highest BCUT2D eigenvalue weighted by molar-refractivity contribution is 6.11. The predicted molar refractivity (Wildman–Crippen MR) is 139 cm³/mol. The van der Waals surface area contributed by atoms with E-state index in [0.29, 0.717) is 40.2 Å². The van der Waals surface area contributed by atoms with Gasteiger partial charge in [0.2, 0.25) is 5.91 Å². The third-order valence-electron chi connectivity index (χ3n) is 6.68. The number of carbonyl (C=O) groups is 3. The number of rotatable bonds is 6. The Morgan fingerprint density at radius 2 is 1.65 bits per heavy atom. The molecule has 0 N–H and O–H groups in total. The Morgan fingerprint density at radius 1 is 0.973 bits per heavy atom. The summed E-state index contributed by atoms with van der Waals surface area (Å²) in [5.41, 5.74) is 3.38. The highest BCUT2D eigenvalue weighted by Crippen LogP contribution is 2.37. The van der Waals surface area contributed by atoms with E-state index in [0.717, 1.165) is 11.8 Å². The summed E-state index contributed by atoms with van der Waals surface area (Å²) in [5.74, 6) is -1.16. The summed E-state index contributed by atoms with van der Waals surface area (Å²) < 4.78 is 10.2. The molecule has 0 spiro atoms. The number of benzene rings is 3. The molecule has 1 atom stereocenters. The Labute approximate surface area is 214 Å². The molecular weight excluding hydrogens is 470 g/mol.